The first kappa shape index (κ1) is 23.1. The summed E-state index contributed by atoms with van der Waals surface area (Å²) in [6.07, 6.45) is 6.68. The smallest absolute Gasteiger partial charge is 0.272 e. The summed E-state index contributed by atoms with van der Waals surface area (Å²) < 4.78 is 1.32. The van der Waals surface area contributed by atoms with Gasteiger partial charge in [0, 0.05) is 36.6 Å². The highest BCUT2D eigenvalue weighted by atomic mass is 35.5. The molecule has 0 aliphatic carbocycles. The average Bonchev–Trinajstić information content (AvgIpc) is 3.12. The second-order valence-electron chi connectivity index (χ2n) is 8.57. The molecule has 3 aliphatic heterocycles. The Balaban J connectivity index is 0.00000128. The second kappa shape index (κ2) is 9.26. The van der Waals surface area contributed by atoms with Crippen LogP contribution in [-0.2, 0) is 0 Å². The number of nitrogens with zero attached hydrogens (tertiary/aromatic N) is 3. The molecule has 2 bridgehead atoms. The highest BCUT2D eigenvalue weighted by Gasteiger charge is 2.45. The fraction of sp³-hybridized carbons (Fsp3) is 0.650. The number of hydrogen-bond donors (Lipinski definition) is 3. The molecule has 3 N–H and O–H groups in total. The molecule has 0 saturated carbocycles. The maximum atomic E-state index is 12.9. The minimum absolute atomic E-state index is 0. The Bertz CT molecular complexity index is 960. The van der Waals surface area contributed by atoms with Crippen molar-refractivity contribution in [3.05, 3.63) is 33.9 Å². The lowest BCUT2D eigenvalue weighted by atomic mass is 9.73. The summed E-state index contributed by atoms with van der Waals surface area (Å²) in [4.78, 5) is 32.0. The predicted molar refractivity (Wildman–Crippen MR) is 120 cm³/mol. The third-order valence-corrected chi connectivity index (χ3v) is 6.87. The number of aromatic amines is 1. The number of aromatic nitrogens is 3. The molecule has 0 unspecified atom stereocenters. The Kier molecular flexibility index (Phi) is 7.12. The van der Waals surface area contributed by atoms with E-state index in [-0.39, 0.29) is 36.3 Å². The van der Waals surface area contributed by atoms with Crippen LogP contribution >= 0.6 is 24.8 Å². The summed E-state index contributed by atoms with van der Waals surface area (Å²) in [7, 11) is 0. The number of amides is 1. The summed E-state index contributed by atoms with van der Waals surface area (Å²) in [5.41, 5.74) is 1.22. The molecule has 3 saturated heterocycles. The number of carbonyl (C=O) groups is 1. The first-order chi connectivity index (χ1) is 13.6. The topological polar surface area (TPSA) is 94.5 Å². The Hall–Kier alpha value is -1.61. The number of rotatable bonds is 3. The van der Waals surface area contributed by atoms with Crippen molar-refractivity contribution in [1.82, 2.24) is 30.1 Å². The van der Waals surface area contributed by atoms with E-state index >= 15 is 0 Å². The zero-order valence-electron chi connectivity index (χ0n) is 17.1. The summed E-state index contributed by atoms with van der Waals surface area (Å²) in [6, 6.07) is 2.48. The van der Waals surface area contributed by atoms with Crippen molar-refractivity contribution >= 4 is 36.4 Å². The fourth-order valence-corrected chi connectivity index (χ4v) is 5.60. The molecule has 30 heavy (non-hydrogen) atoms. The van der Waals surface area contributed by atoms with Gasteiger partial charge in [0.25, 0.3) is 11.5 Å². The lowest BCUT2D eigenvalue weighted by Gasteiger charge is -2.55. The van der Waals surface area contributed by atoms with Gasteiger partial charge >= 0.3 is 0 Å². The van der Waals surface area contributed by atoms with Crippen LogP contribution in [-0.4, -0.2) is 63.7 Å². The van der Waals surface area contributed by atoms with E-state index in [2.05, 4.69) is 25.6 Å². The molecule has 3 fully saturated rings. The van der Waals surface area contributed by atoms with Crippen molar-refractivity contribution in [3.8, 4) is 0 Å². The minimum atomic E-state index is -0.204. The van der Waals surface area contributed by atoms with Crippen LogP contribution in [0.2, 0.25) is 0 Å². The van der Waals surface area contributed by atoms with E-state index in [0.29, 0.717) is 41.5 Å². The van der Waals surface area contributed by atoms with Crippen LogP contribution < -0.4 is 16.2 Å². The van der Waals surface area contributed by atoms with Crippen LogP contribution in [0.4, 0.5) is 0 Å². The molecule has 5 rings (SSSR count). The Morgan fingerprint density at radius 2 is 2.07 bits per heavy atom. The molecular formula is C20H30Cl2N6O2. The summed E-state index contributed by atoms with van der Waals surface area (Å²) in [6.45, 7) is 5.71. The Morgan fingerprint density at radius 3 is 2.90 bits per heavy atom. The van der Waals surface area contributed by atoms with Crippen LogP contribution in [0.15, 0.2) is 17.1 Å². The molecule has 2 aromatic heterocycles. The molecule has 1 amide bonds. The minimum Gasteiger partial charge on any atom is -0.350 e. The monoisotopic (exact) mass is 456 g/mol. The number of hydrogen-bond acceptors (Lipinski definition) is 5. The van der Waals surface area contributed by atoms with Gasteiger partial charge in [-0.3, -0.25) is 19.6 Å². The predicted octanol–water partition coefficient (Wildman–Crippen LogP) is 1.37. The normalized spacial score (nSPS) is 28.2. The molecule has 0 aromatic carbocycles. The fourth-order valence-electron chi connectivity index (χ4n) is 5.60. The van der Waals surface area contributed by atoms with Gasteiger partial charge in [-0.25, -0.2) is 9.50 Å². The number of aryl methyl sites for hydroxylation is 1. The van der Waals surface area contributed by atoms with Crippen LogP contribution in [0.1, 0.15) is 41.7 Å². The SMILES string of the molecule is Cc1cc(=O)n2[nH]cc(C(=O)NC[C@H]3[C@@H]4CNC[C@@H](C4)[C@@H]4CCCCN43)c2n1.Cl.Cl. The molecule has 0 spiro atoms. The molecule has 10 heteroatoms. The Labute approximate surface area is 188 Å². The maximum absolute atomic E-state index is 12.9. The van der Waals surface area contributed by atoms with Gasteiger partial charge in [-0.1, -0.05) is 6.42 Å². The van der Waals surface area contributed by atoms with E-state index in [4.69, 9.17) is 0 Å². The van der Waals surface area contributed by atoms with E-state index in [9.17, 15) is 9.59 Å². The number of nitrogens with one attached hydrogen (secondary N) is 3. The van der Waals surface area contributed by atoms with Crippen molar-refractivity contribution in [2.24, 2.45) is 11.8 Å². The highest BCUT2D eigenvalue weighted by Crippen LogP contribution is 2.38. The zero-order valence-corrected chi connectivity index (χ0v) is 18.7. The molecule has 2 aromatic rings. The van der Waals surface area contributed by atoms with E-state index in [0.717, 1.165) is 25.6 Å². The van der Waals surface area contributed by atoms with Gasteiger partial charge in [0.05, 0.1) is 0 Å². The van der Waals surface area contributed by atoms with Gasteiger partial charge in [-0.15, -0.1) is 24.8 Å². The van der Waals surface area contributed by atoms with E-state index in [1.165, 1.54) is 36.3 Å². The van der Waals surface area contributed by atoms with Gasteiger partial charge in [-0.05, 0) is 57.7 Å². The van der Waals surface area contributed by atoms with Crippen LogP contribution in [0, 0.1) is 18.8 Å². The van der Waals surface area contributed by atoms with Crippen LogP contribution in [0.25, 0.3) is 5.65 Å². The van der Waals surface area contributed by atoms with Crippen molar-refractivity contribution in [2.45, 2.75) is 44.7 Å². The molecule has 166 valence electrons. The number of H-pyrrole nitrogens is 1. The van der Waals surface area contributed by atoms with Crippen LogP contribution in [0.5, 0.6) is 0 Å². The molecule has 0 radical (unpaired) electrons. The standard InChI is InChI=1S/C20H28N6O2.2ClH/c1-12-6-18(27)26-19(24-12)15(10-23-26)20(28)22-11-17-14-7-13(8-21-9-14)16-4-2-3-5-25(16)17;;/h6,10,13-14,16-17,21,23H,2-5,7-9,11H2,1H3,(H,22,28);2*1H/t13-,14+,16+,17+;;/m1../s1. The van der Waals surface area contributed by atoms with Crippen molar-refractivity contribution in [3.63, 3.8) is 0 Å². The molecule has 4 atom stereocenters. The quantitative estimate of drug-likeness (QED) is 0.648. The highest BCUT2D eigenvalue weighted by molar-refractivity contribution is 5.99. The van der Waals surface area contributed by atoms with Gasteiger partial charge in [-0.2, -0.15) is 0 Å². The third-order valence-electron chi connectivity index (χ3n) is 6.87. The zero-order chi connectivity index (χ0) is 19.3. The Morgan fingerprint density at radius 1 is 1.27 bits per heavy atom. The van der Waals surface area contributed by atoms with Crippen molar-refractivity contribution in [2.75, 3.05) is 26.2 Å². The first-order valence-corrected chi connectivity index (χ1v) is 10.4. The largest absolute Gasteiger partial charge is 0.350 e. The van der Waals surface area contributed by atoms with Crippen molar-refractivity contribution < 1.29 is 4.79 Å². The molecular weight excluding hydrogens is 427 g/mol. The van der Waals surface area contributed by atoms with Crippen molar-refractivity contribution in [1.29, 1.82) is 0 Å². The van der Waals surface area contributed by atoms with E-state index < -0.39 is 0 Å². The number of halogens is 2. The number of fused-ring (bicyclic) bond motifs is 5. The second-order valence-corrected chi connectivity index (χ2v) is 8.57. The van der Waals surface area contributed by atoms with E-state index in [1.54, 1.807) is 13.1 Å². The van der Waals surface area contributed by atoms with Gasteiger partial charge in [0.15, 0.2) is 5.65 Å². The molecule has 3 aliphatic rings. The first-order valence-electron chi connectivity index (χ1n) is 10.4. The molecule has 8 nitrogen and oxygen atoms in total. The summed E-state index contributed by atoms with van der Waals surface area (Å²) >= 11 is 0. The maximum Gasteiger partial charge on any atom is 0.272 e. The molecule has 5 heterocycles. The lowest BCUT2D eigenvalue weighted by molar-refractivity contribution is -0.0371. The van der Waals surface area contributed by atoms with Crippen LogP contribution in [0.3, 0.4) is 0 Å². The number of piperidine rings is 3. The average molecular weight is 457 g/mol. The van der Waals surface area contributed by atoms with Gasteiger partial charge < -0.3 is 10.6 Å². The summed E-state index contributed by atoms with van der Waals surface area (Å²) in [5, 5.41) is 9.59. The lowest BCUT2D eigenvalue weighted by Crippen LogP contribution is -2.65. The van der Waals surface area contributed by atoms with E-state index in [1.807, 2.05) is 0 Å². The number of carbonyl (C=O) groups excluding carboxylic acids is 1. The third kappa shape index (κ3) is 3.98. The van der Waals surface area contributed by atoms with Gasteiger partial charge in [0.2, 0.25) is 0 Å². The summed E-state index contributed by atoms with van der Waals surface area (Å²) in [5.74, 6) is 1.16. The van der Waals surface area contributed by atoms with Gasteiger partial charge in [0.1, 0.15) is 5.56 Å².